The first kappa shape index (κ1) is 38.8. The van der Waals surface area contributed by atoms with Crippen LogP contribution in [-0.2, 0) is 0 Å². The minimum atomic E-state index is -0.381. The molecule has 4 aliphatic rings. The molecule has 1 atom stereocenters. The number of para-hydroxylation sites is 1. The van der Waals surface area contributed by atoms with Gasteiger partial charge in [-0.1, -0.05) is 24.3 Å². The van der Waals surface area contributed by atoms with Gasteiger partial charge in [0, 0.05) is 82.3 Å². The average molecular weight is 809 g/mol. The fraction of sp³-hybridized carbons (Fsp3) is 0.372. The number of aromatic nitrogens is 7. The van der Waals surface area contributed by atoms with Gasteiger partial charge in [0.05, 0.1) is 41.0 Å². The Morgan fingerprint density at radius 3 is 2.28 bits per heavy atom. The number of likely N-dealkylation sites (N-methyl/N-ethyl adjacent to an activating group) is 1. The van der Waals surface area contributed by atoms with Crippen LogP contribution in [0.4, 0.5) is 28.7 Å². The van der Waals surface area contributed by atoms with E-state index in [0.29, 0.717) is 41.9 Å². The van der Waals surface area contributed by atoms with Gasteiger partial charge in [0.25, 0.3) is 17.7 Å². The molecule has 4 aromatic heterocycles. The largest absolute Gasteiger partial charge is 0.364 e. The van der Waals surface area contributed by atoms with Crippen molar-refractivity contribution in [1.29, 1.82) is 0 Å². The number of hydrogen-bond donors (Lipinski definition) is 3. The third-order valence-electron chi connectivity index (χ3n) is 11.9. The molecule has 9 rings (SSSR count). The minimum absolute atomic E-state index is 0.0226. The molecule has 0 spiro atoms. The van der Waals surface area contributed by atoms with Crippen molar-refractivity contribution in [1.82, 2.24) is 54.9 Å². The quantitative estimate of drug-likeness (QED) is 0.184. The number of anilines is 5. The Morgan fingerprint density at radius 1 is 0.800 bits per heavy atom. The first-order valence-electron chi connectivity index (χ1n) is 20.4. The molecule has 0 aliphatic carbocycles. The zero-order chi connectivity index (χ0) is 41.7. The number of pyridine rings is 1. The van der Waals surface area contributed by atoms with Crippen molar-refractivity contribution in [3.05, 3.63) is 95.1 Å². The first-order valence-corrected chi connectivity index (χ1v) is 20.4. The Hall–Kier alpha value is -6.75. The van der Waals surface area contributed by atoms with Gasteiger partial charge >= 0.3 is 0 Å². The van der Waals surface area contributed by atoms with Crippen molar-refractivity contribution < 1.29 is 14.4 Å². The SMILES string of the molecule is CNC(=O)c1nnc(Nc2cc(C)nc(C3=CCN(C)CC3)n2)cc1Nc1cccc2c1N(C)C(C)c1c-2cnn1C1CN(C(=O)c2cccc(C(=O)N3CCCC3)n2)C1. The van der Waals surface area contributed by atoms with Crippen LogP contribution in [0.5, 0.6) is 0 Å². The lowest BCUT2D eigenvalue weighted by Crippen LogP contribution is -2.52. The highest BCUT2D eigenvalue weighted by Gasteiger charge is 2.39. The molecular formula is C43H48N14O3. The molecule has 0 radical (unpaired) electrons. The summed E-state index contributed by atoms with van der Waals surface area (Å²) in [5.41, 5.74) is 7.85. The van der Waals surface area contributed by atoms with Crippen molar-refractivity contribution >= 4 is 52.0 Å². The third-order valence-corrected chi connectivity index (χ3v) is 11.9. The fourth-order valence-electron chi connectivity index (χ4n) is 8.46. The molecule has 5 aromatic rings. The molecule has 60 heavy (non-hydrogen) atoms. The maximum atomic E-state index is 13.5. The Labute approximate surface area is 347 Å². The molecule has 3 N–H and O–H groups in total. The van der Waals surface area contributed by atoms with Crippen molar-refractivity contribution in [3.8, 4) is 11.1 Å². The van der Waals surface area contributed by atoms with E-state index in [1.54, 1.807) is 41.1 Å². The number of carbonyl (C=O) groups is 3. The van der Waals surface area contributed by atoms with E-state index < -0.39 is 0 Å². The van der Waals surface area contributed by atoms with Gasteiger partial charge in [-0.3, -0.25) is 19.1 Å². The number of fused-ring (bicyclic) bond motifs is 3. The molecule has 17 heteroatoms. The summed E-state index contributed by atoms with van der Waals surface area (Å²) in [6, 6.07) is 14.6. The van der Waals surface area contributed by atoms with Crippen LogP contribution in [0.25, 0.3) is 16.7 Å². The van der Waals surface area contributed by atoms with Crippen LogP contribution < -0.4 is 20.9 Å². The second-order valence-electron chi connectivity index (χ2n) is 15.9. The highest BCUT2D eigenvalue weighted by molar-refractivity contribution is 6.00. The lowest BCUT2D eigenvalue weighted by Gasteiger charge is -2.42. The molecule has 3 amide bonds. The zero-order valence-corrected chi connectivity index (χ0v) is 34.4. The summed E-state index contributed by atoms with van der Waals surface area (Å²) < 4.78 is 2.04. The molecule has 2 fully saturated rings. The van der Waals surface area contributed by atoms with E-state index in [4.69, 9.17) is 15.1 Å². The molecular weight excluding hydrogens is 761 g/mol. The summed E-state index contributed by atoms with van der Waals surface area (Å²) in [5, 5.41) is 23.1. The van der Waals surface area contributed by atoms with Gasteiger partial charge in [0.2, 0.25) is 0 Å². The number of aryl methyl sites for hydroxylation is 1. The Bertz CT molecular complexity index is 2540. The van der Waals surface area contributed by atoms with E-state index in [1.807, 2.05) is 43.0 Å². The molecule has 0 bridgehead atoms. The van der Waals surface area contributed by atoms with E-state index in [0.717, 1.165) is 84.9 Å². The van der Waals surface area contributed by atoms with Gasteiger partial charge in [0.1, 0.15) is 17.2 Å². The Kier molecular flexibility index (Phi) is 10.2. The van der Waals surface area contributed by atoms with Crippen molar-refractivity contribution in [3.63, 3.8) is 0 Å². The lowest BCUT2D eigenvalue weighted by molar-refractivity contribution is 0.0488. The minimum Gasteiger partial charge on any atom is -0.364 e. The third kappa shape index (κ3) is 7.18. The van der Waals surface area contributed by atoms with E-state index in [-0.39, 0.29) is 41.2 Å². The van der Waals surface area contributed by atoms with Gasteiger partial charge < -0.3 is 35.6 Å². The second-order valence-corrected chi connectivity index (χ2v) is 15.9. The van der Waals surface area contributed by atoms with Gasteiger partial charge in [-0.05, 0) is 63.9 Å². The van der Waals surface area contributed by atoms with Gasteiger partial charge in [-0.25, -0.2) is 15.0 Å². The lowest BCUT2D eigenvalue weighted by atomic mass is 9.93. The maximum Gasteiger partial charge on any atom is 0.273 e. The fourth-order valence-corrected chi connectivity index (χ4v) is 8.46. The van der Waals surface area contributed by atoms with Crippen molar-refractivity contribution in [2.24, 2.45) is 0 Å². The Morgan fingerprint density at radius 2 is 1.55 bits per heavy atom. The summed E-state index contributed by atoms with van der Waals surface area (Å²) in [4.78, 5) is 61.6. The molecule has 2 saturated heterocycles. The van der Waals surface area contributed by atoms with Crippen LogP contribution in [-0.4, -0.2) is 128 Å². The van der Waals surface area contributed by atoms with Gasteiger partial charge in [-0.2, -0.15) is 5.10 Å². The summed E-state index contributed by atoms with van der Waals surface area (Å²) >= 11 is 0. The first-order chi connectivity index (χ1) is 29.1. The van der Waals surface area contributed by atoms with Gasteiger partial charge in [-0.15, -0.1) is 10.2 Å². The number of nitrogens with zero attached hydrogens (tertiary/aromatic N) is 11. The van der Waals surface area contributed by atoms with Gasteiger partial charge in [0.15, 0.2) is 17.3 Å². The normalized spacial score (nSPS) is 17.7. The van der Waals surface area contributed by atoms with Crippen molar-refractivity contribution in [2.45, 2.75) is 45.2 Å². The summed E-state index contributed by atoms with van der Waals surface area (Å²) in [5.74, 6) is 0.967. The average Bonchev–Trinajstić information content (AvgIpc) is 3.94. The monoisotopic (exact) mass is 808 g/mol. The van der Waals surface area contributed by atoms with E-state index >= 15 is 0 Å². The van der Waals surface area contributed by atoms with Crippen LogP contribution in [0.2, 0.25) is 0 Å². The number of rotatable bonds is 9. The highest BCUT2D eigenvalue weighted by atomic mass is 16.2. The van der Waals surface area contributed by atoms with E-state index in [1.165, 1.54) is 0 Å². The molecule has 17 nitrogen and oxygen atoms in total. The van der Waals surface area contributed by atoms with Crippen LogP contribution in [0.3, 0.4) is 0 Å². The smallest absolute Gasteiger partial charge is 0.273 e. The molecule has 0 saturated carbocycles. The second kappa shape index (κ2) is 15.8. The van der Waals surface area contributed by atoms with Crippen LogP contribution in [0, 0.1) is 6.92 Å². The Balaban J connectivity index is 0.954. The van der Waals surface area contributed by atoms with Crippen LogP contribution in [0.15, 0.2) is 60.8 Å². The number of hydrogen-bond acceptors (Lipinski definition) is 13. The van der Waals surface area contributed by atoms with Crippen LogP contribution in [0.1, 0.15) is 86.9 Å². The molecule has 1 unspecified atom stereocenters. The molecule has 4 aliphatic heterocycles. The predicted molar refractivity (Wildman–Crippen MR) is 228 cm³/mol. The number of likely N-dealkylation sites (tertiary alicyclic amines) is 2. The standard InChI is InChI=1S/C43H48N14O3/c1-25-20-35(50-40(46-25)27-14-18-53(4)19-15-27)49-36-21-34(37(52-51-36)41(58)44-3)47-31-11-8-10-29-30-22-45-57(38(30)26(2)54(5)39(29)31)28-23-56(24-28)43(60)33-13-9-12-32(48-33)42(59)55-16-6-7-17-55/h8-14,20-22,26,28H,6-7,15-19,23-24H2,1-5H3,(H,44,58)(H2,46,47,49,50,51). The summed E-state index contributed by atoms with van der Waals surface area (Å²) in [7, 11) is 5.70. The molecule has 308 valence electrons. The highest BCUT2D eigenvalue weighted by Crippen LogP contribution is 2.49. The van der Waals surface area contributed by atoms with Crippen molar-refractivity contribution in [2.75, 3.05) is 75.9 Å². The maximum absolute atomic E-state index is 13.5. The number of carbonyl (C=O) groups excluding carboxylic acids is 3. The zero-order valence-electron chi connectivity index (χ0n) is 34.4. The number of benzene rings is 1. The van der Waals surface area contributed by atoms with E-state index in [9.17, 15) is 14.4 Å². The summed E-state index contributed by atoms with van der Waals surface area (Å²) in [6.07, 6.45) is 6.90. The number of nitrogens with one attached hydrogen (secondary N) is 3. The summed E-state index contributed by atoms with van der Waals surface area (Å²) in [6.45, 7) is 8.25. The molecule has 8 heterocycles. The number of amides is 3. The van der Waals surface area contributed by atoms with Crippen LogP contribution >= 0.6 is 0 Å². The predicted octanol–water partition coefficient (Wildman–Crippen LogP) is 4.84. The molecule has 1 aromatic carbocycles. The topological polar surface area (TPSA) is 183 Å². The van der Waals surface area contributed by atoms with E-state index in [2.05, 4.69) is 67.0 Å².